The van der Waals surface area contributed by atoms with E-state index in [1.54, 1.807) is 13.5 Å². The van der Waals surface area contributed by atoms with Gasteiger partial charge < -0.3 is 4.74 Å². The van der Waals surface area contributed by atoms with Gasteiger partial charge in [-0.2, -0.15) is 0 Å². The molecule has 2 nitrogen and oxygen atoms in total. The lowest BCUT2D eigenvalue weighted by molar-refractivity contribution is -0.159. The molecule has 1 aromatic rings. The Morgan fingerprint density at radius 3 is 2.16 bits per heavy atom. The summed E-state index contributed by atoms with van der Waals surface area (Å²) in [6, 6.07) is 8.15. The standard InChI is InChI=1S/C23H33NO/c1-14-7-19(25-4)5-6-20(14)22-23(2,3)13-24(22)21-17-9-15-8-16(11-17)12-18(21)10-15/h5-7,15-18,21-22H,8-13H2,1-4H3. The summed E-state index contributed by atoms with van der Waals surface area (Å²) in [7, 11) is 1.77. The Morgan fingerprint density at radius 2 is 1.64 bits per heavy atom. The van der Waals surface area contributed by atoms with Crippen LogP contribution in [0.15, 0.2) is 18.2 Å². The average molecular weight is 340 g/mol. The van der Waals surface area contributed by atoms with Crippen LogP contribution in [0.3, 0.4) is 0 Å². The van der Waals surface area contributed by atoms with Crippen LogP contribution in [0.2, 0.25) is 0 Å². The third kappa shape index (κ3) is 2.40. The van der Waals surface area contributed by atoms with Crippen molar-refractivity contribution in [3.63, 3.8) is 0 Å². The van der Waals surface area contributed by atoms with E-state index in [4.69, 9.17) is 4.74 Å². The smallest absolute Gasteiger partial charge is 0.119 e. The van der Waals surface area contributed by atoms with E-state index in [9.17, 15) is 0 Å². The number of hydrogen-bond acceptors (Lipinski definition) is 2. The number of rotatable bonds is 3. The normalized spacial score (nSPS) is 41.6. The molecule has 1 heterocycles. The summed E-state index contributed by atoms with van der Waals surface area (Å²) in [5.74, 6) is 5.07. The number of aryl methyl sites for hydroxylation is 1. The molecule has 0 amide bonds. The van der Waals surface area contributed by atoms with Crippen LogP contribution in [-0.2, 0) is 0 Å². The second-order valence-electron chi connectivity index (χ2n) is 10.2. The van der Waals surface area contributed by atoms with Gasteiger partial charge in [0.25, 0.3) is 0 Å². The SMILES string of the molecule is COc1ccc(C2N(C3C4CC5CC(C4)CC3C5)CC2(C)C)c(C)c1. The molecule has 0 aromatic heterocycles. The van der Waals surface area contributed by atoms with Crippen molar-refractivity contribution in [2.45, 2.75) is 65.0 Å². The molecule has 25 heavy (non-hydrogen) atoms. The summed E-state index contributed by atoms with van der Waals surface area (Å²) in [5, 5.41) is 0. The first-order valence-corrected chi connectivity index (χ1v) is 10.4. The molecule has 0 radical (unpaired) electrons. The van der Waals surface area contributed by atoms with Crippen molar-refractivity contribution in [2.24, 2.45) is 29.1 Å². The predicted molar refractivity (Wildman–Crippen MR) is 102 cm³/mol. The largest absolute Gasteiger partial charge is 0.497 e. The Balaban J connectivity index is 1.46. The van der Waals surface area contributed by atoms with Gasteiger partial charge in [0.1, 0.15) is 5.75 Å². The Bertz CT molecular complexity index is 651. The molecular weight excluding hydrogens is 306 g/mol. The zero-order valence-corrected chi connectivity index (χ0v) is 16.3. The van der Waals surface area contributed by atoms with Crippen molar-refractivity contribution >= 4 is 0 Å². The maximum absolute atomic E-state index is 5.44. The Hall–Kier alpha value is -1.02. The van der Waals surface area contributed by atoms with Crippen molar-refractivity contribution in [3.05, 3.63) is 29.3 Å². The van der Waals surface area contributed by atoms with E-state index in [0.29, 0.717) is 11.5 Å². The van der Waals surface area contributed by atoms with E-state index in [-0.39, 0.29) is 0 Å². The first kappa shape index (κ1) is 16.2. The van der Waals surface area contributed by atoms with Gasteiger partial charge in [0.15, 0.2) is 0 Å². The maximum atomic E-state index is 5.44. The van der Waals surface area contributed by atoms with Gasteiger partial charge in [-0.15, -0.1) is 0 Å². The summed E-state index contributed by atoms with van der Waals surface area (Å²) < 4.78 is 5.44. The number of ether oxygens (including phenoxy) is 1. The van der Waals surface area contributed by atoms with Crippen LogP contribution in [-0.4, -0.2) is 24.6 Å². The van der Waals surface area contributed by atoms with Crippen LogP contribution in [0.5, 0.6) is 5.75 Å². The van der Waals surface area contributed by atoms with Gasteiger partial charge in [-0.05, 0) is 91.4 Å². The molecule has 0 spiro atoms. The topological polar surface area (TPSA) is 12.5 Å². The monoisotopic (exact) mass is 339 g/mol. The molecule has 5 fully saturated rings. The highest BCUT2D eigenvalue weighted by molar-refractivity contribution is 5.39. The lowest BCUT2D eigenvalue weighted by atomic mass is 9.52. The van der Waals surface area contributed by atoms with E-state index < -0.39 is 0 Å². The van der Waals surface area contributed by atoms with Crippen LogP contribution < -0.4 is 4.74 Å². The minimum atomic E-state index is 0.383. The first-order chi connectivity index (χ1) is 12.0. The number of likely N-dealkylation sites (tertiary alicyclic amines) is 1. The van der Waals surface area contributed by atoms with E-state index in [0.717, 1.165) is 35.5 Å². The van der Waals surface area contributed by atoms with Crippen molar-refractivity contribution in [3.8, 4) is 5.75 Å². The number of methoxy groups -OCH3 is 1. The second-order valence-corrected chi connectivity index (χ2v) is 10.2. The molecule has 6 rings (SSSR count). The fourth-order valence-electron chi connectivity index (χ4n) is 7.38. The highest BCUT2D eigenvalue weighted by Crippen LogP contribution is 2.60. The van der Waals surface area contributed by atoms with Crippen LogP contribution in [0.25, 0.3) is 0 Å². The first-order valence-electron chi connectivity index (χ1n) is 10.4. The minimum Gasteiger partial charge on any atom is -0.497 e. The molecule has 136 valence electrons. The number of hydrogen-bond donors (Lipinski definition) is 0. The van der Waals surface area contributed by atoms with Gasteiger partial charge in [-0.3, -0.25) is 4.90 Å². The van der Waals surface area contributed by atoms with Gasteiger partial charge in [0, 0.05) is 18.6 Å². The van der Waals surface area contributed by atoms with Crippen LogP contribution in [0.4, 0.5) is 0 Å². The van der Waals surface area contributed by atoms with Crippen molar-refractivity contribution in [2.75, 3.05) is 13.7 Å². The molecule has 4 saturated carbocycles. The Kier molecular flexibility index (Phi) is 3.55. The molecule has 4 aliphatic carbocycles. The molecule has 0 N–H and O–H groups in total. The zero-order chi connectivity index (χ0) is 17.3. The summed E-state index contributed by atoms with van der Waals surface area (Å²) >= 11 is 0. The van der Waals surface area contributed by atoms with Gasteiger partial charge in [0.05, 0.1) is 7.11 Å². The molecule has 1 atom stereocenters. The lowest BCUT2D eigenvalue weighted by Crippen LogP contribution is -2.66. The summed E-state index contributed by atoms with van der Waals surface area (Å²) in [6.07, 6.45) is 7.61. The van der Waals surface area contributed by atoms with E-state index in [2.05, 4.69) is 43.9 Å². The summed E-state index contributed by atoms with van der Waals surface area (Å²) in [6.45, 7) is 8.47. The molecule has 1 aromatic carbocycles. The maximum Gasteiger partial charge on any atom is 0.119 e. The van der Waals surface area contributed by atoms with Crippen molar-refractivity contribution in [1.29, 1.82) is 0 Å². The third-order valence-corrected chi connectivity index (χ3v) is 7.99. The predicted octanol–water partition coefficient (Wildman–Crippen LogP) is 5.21. The fraction of sp³-hybridized carbons (Fsp3) is 0.739. The molecule has 1 aliphatic heterocycles. The van der Waals surface area contributed by atoms with Crippen molar-refractivity contribution < 1.29 is 4.74 Å². The third-order valence-electron chi connectivity index (χ3n) is 7.99. The van der Waals surface area contributed by atoms with Crippen molar-refractivity contribution in [1.82, 2.24) is 4.90 Å². The second kappa shape index (κ2) is 5.49. The average Bonchev–Trinajstić information content (AvgIpc) is 2.54. The fourth-order valence-corrected chi connectivity index (χ4v) is 7.38. The summed E-state index contributed by atoms with van der Waals surface area (Å²) in [5.41, 5.74) is 3.31. The number of nitrogens with zero attached hydrogens (tertiary/aromatic N) is 1. The van der Waals surface area contributed by atoms with E-state index >= 15 is 0 Å². The van der Waals surface area contributed by atoms with Gasteiger partial charge in [-0.1, -0.05) is 19.9 Å². The van der Waals surface area contributed by atoms with Crippen LogP contribution in [0, 0.1) is 36.0 Å². The van der Waals surface area contributed by atoms with Crippen LogP contribution >= 0.6 is 0 Å². The quantitative estimate of drug-likeness (QED) is 0.749. The molecule has 5 aliphatic rings. The highest BCUT2D eigenvalue weighted by Gasteiger charge is 2.57. The Morgan fingerprint density at radius 1 is 1.00 bits per heavy atom. The molecule has 1 saturated heterocycles. The number of benzene rings is 1. The van der Waals surface area contributed by atoms with E-state index in [1.165, 1.54) is 43.4 Å². The summed E-state index contributed by atoms with van der Waals surface area (Å²) in [4.78, 5) is 2.92. The zero-order valence-electron chi connectivity index (χ0n) is 16.3. The van der Waals surface area contributed by atoms with Gasteiger partial charge >= 0.3 is 0 Å². The van der Waals surface area contributed by atoms with E-state index in [1.807, 2.05) is 0 Å². The molecular formula is C23H33NO. The lowest BCUT2D eigenvalue weighted by Gasteiger charge is -2.65. The van der Waals surface area contributed by atoms with Gasteiger partial charge in [-0.25, -0.2) is 0 Å². The molecule has 1 unspecified atom stereocenters. The molecule has 2 heteroatoms. The van der Waals surface area contributed by atoms with Gasteiger partial charge in [0.2, 0.25) is 0 Å². The minimum absolute atomic E-state index is 0.383. The highest BCUT2D eigenvalue weighted by atomic mass is 16.5. The van der Waals surface area contributed by atoms with Crippen LogP contribution in [0.1, 0.15) is 63.1 Å². The Labute approximate surface area is 152 Å². The molecule has 4 bridgehead atoms.